The lowest BCUT2D eigenvalue weighted by Crippen LogP contribution is -2.26. The Morgan fingerprint density at radius 1 is 1.18 bits per heavy atom. The highest BCUT2D eigenvalue weighted by molar-refractivity contribution is 5.75. The van der Waals surface area contributed by atoms with E-state index < -0.39 is 0 Å². The first-order valence-corrected chi connectivity index (χ1v) is 6.83. The number of nitrogens with one attached hydrogen (secondary N) is 1. The number of likely N-dealkylation sites (tertiary alicyclic amines) is 1. The number of carbonyl (C=O) groups excluding carboxylic acids is 1. The molecule has 0 aliphatic carbocycles. The average Bonchev–Trinajstić information content (AvgIpc) is 2.80. The van der Waals surface area contributed by atoms with Crippen molar-refractivity contribution < 1.29 is 4.79 Å². The van der Waals surface area contributed by atoms with Crippen molar-refractivity contribution in [2.45, 2.75) is 32.1 Å². The van der Waals surface area contributed by atoms with E-state index in [1.54, 1.807) is 4.90 Å². The topological polar surface area (TPSA) is 35.6 Å². The van der Waals surface area contributed by atoms with Crippen molar-refractivity contribution in [1.82, 2.24) is 15.1 Å². The van der Waals surface area contributed by atoms with Gasteiger partial charge in [-0.25, -0.2) is 0 Å². The highest BCUT2D eigenvalue weighted by atomic mass is 16.2. The van der Waals surface area contributed by atoms with Crippen LogP contribution in [0.5, 0.6) is 0 Å². The third-order valence-electron chi connectivity index (χ3n) is 3.27. The molecule has 1 saturated heterocycles. The van der Waals surface area contributed by atoms with Crippen LogP contribution in [0.25, 0.3) is 0 Å². The van der Waals surface area contributed by atoms with E-state index in [9.17, 15) is 4.79 Å². The van der Waals surface area contributed by atoms with Gasteiger partial charge >= 0.3 is 0 Å². The van der Waals surface area contributed by atoms with Gasteiger partial charge in [0, 0.05) is 20.5 Å². The van der Waals surface area contributed by atoms with E-state index in [-0.39, 0.29) is 5.91 Å². The van der Waals surface area contributed by atoms with Crippen molar-refractivity contribution in [3.05, 3.63) is 0 Å². The summed E-state index contributed by atoms with van der Waals surface area (Å²) in [6.45, 7) is 5.84. The van der Waals surface area contributed by atoms with Gasteiger partial charge < -0.3 is 15.1 Å². The zero-order valence-electron chi connectivity index (χ0n) is 11.4. The van der Waals surface area contributed by atoms with Gasteiger partial charge in [0.25, 0.3) is 0 Å². The second-order valence-electron chi connectivity index (χ2n) is 5.04. The van der Waals surface area contributed by atoms with Crippen LogP contribution in [-0.2, 0) is 4.79 Å². The first-order valence-electron chi connectivity index (χ1n) is 6.83. The fraction of sp³-hybridized carbons (Fsp3) is 0.923. The van der Waals surface area contributed by atoms with Crippen molar-refractivity contribution in [3.63, 3.8) is 0 Å². The Bertz CT molecular complexity index is 213. The number of hydrogen-bond donors (Lipinski definition) is 1. The zero-order chi connectivity index (χ0) is 12.5. The zero-order valence-corrected chi connectivity index (χ0v) is 11.4. The first kappa shape index (κ1) is 14.5. The van der Waals surface area contributed by atoms with Crippen LogP contribution >= 0.6 is 0 Å². The summed E-state index contributed by atoms with van der Waals surface area (Å²) < 4.78 is 0. The van der Waals surface area contributed by atoms with Gasteiger partial charge in [-0.1, -0.05) is 0 Å². The molecule has 0 spiro atoms. The third kappa shape index (κ3) is 6.64. The average molecular weight is 241 g/mol. The molecular formula is C13H27N3O. The van der Waals surface area contributed by atoms with Crippen LogP contribution in [0.1, 0.15) is 32.1 Å². The lowest BCUT2D eigenvalue weighted by atomic mass is 10.3. The second-order valence-corrected chi connectivity index (χ2v) is 5.04. The summed E-state index contributed by atoms with van der Waals surface area (Å²) in [6.07, 6.45) is 5.58. The first-order chi connectivity index (χ1) is 8.20. The van der Waals surface area contributed by atoms with Gasteiger partial charge in [0.2, 0.25) is 5.91 Å². The Balaban J connectivity index is 1.82. The normalized spacial score (nSPS) is 16.4. The van der Waals surface area contributed by atoms with Gasteiger partial charge in [0.1, 0.15) is 0 Å². The fourth-order valence-corrected chi connectivity index (χ4v) is 2.15. The maximum atomic E-state index is 11.3. The van der Waals surface area contributed by atoms with E-state index >= 15 is 0 Å². The standard InChI is InChI=1S/C13H27N3O/c1-15(2)13(17)7-5-8-14-9-6-12-16-10-3-4-11-16/h14H,3-12H2,1-2H3. The lowest BCUT2D eigenvalue weighted by molar-refractivity contribution is -0.128. The minimum Gasteiger partial charge on any atom is -0.349 e. The second kappa shape index (κ2) is 8.48. The molecule has 1 aliphatic rings. The number of carbonyl (C=O) groups is 1. The maximum absolute atomic E-state index is 11.3. The quantitative estimate of drug-likeness (QED) is 0.642. The maximum Gasteiger partial charge on any atom is 0.222 e. The molecule has 0 atom stereocenters. The van der Waals surface area contributed by atoms with Crippen LogP contribution in [0.2, 0.25) is 0 Å². The van der Waals surface area contributed by atoms with Crippen LogP contribution in [0, 0.1) is 0 Å². The number of hydrogen-bond acceptors (Lipinski definition) is 3. The molecule has 0 bridgehead atoms. The molecule has 1 amide bonds. The Labute approximate surface area is 105 Å². The van der Waals surface area contributed by atoms with E-state index in [4.69, 9.17) is 0 Å². The molecule has 0 saturated carbocycles. The largest absolute Gasteiger partial charge is 0.349 e. The predicted octanol–water partition coefficient (Wildman–Crippen LogP) is 0.930. The SMILES string of the molecule is CN(C)C(=O)CCCNCCCN1CCCC1. The molecule has 1 aliphatic heterocycles. The van der Waals surface area contributed by atoms with E-state index in [1.165, 1.54) is 38.9 Å². The van der Waals surface area contributed by atoms with Crippen LogP contribution in [-0.4, -0.2) is 62.5 Å². The van der Waals surface area contributed by atoms with E-state index in [2.05, 4.69) is 10.2 Å². The van der Waals surface area contributed by atoms with Crippen LogP contribution < -0.4 is 5.32 Å². The summed E-state index contributed by atoms with van der Waals surface area (Å²) >= 11 is 0. The van der Waals surface area contributed by atoms with Gasteiger partial charge in [-0.05, 0) is 58.4 Å². The molecule has 4 nitrogen and oxygen atoms in total. The van der Waals surface area contributed by atoms with E-state index in [1.807, 2.05) is 14.1 Å². The molecule has 0 radical (unpaired) electrons. The minimum absolute atomic E-state index is 0.226. The predicted molar refractivity (Wildman–Crippen MR) is 71.1 cm³/mol. The van der Waals surface area contributed by atoms with Crippen molar-refractivity contribution in [2.24, 2.45) is 0 Å². The van der Waals surface area contributed by atoms with Crippen LogP contribution in [0.4, 0.5) is 0 Å². The molecule has 1 rings (SSSR count). The molecule has 4 heteroatoms. The summed E-state index contributed by atoms with van der Waals surface area (Å²) in [5.74, 6) is 0.226. The molecule has 1 fully saturated rings. The highest BCUT2D eigenvalue weighted by Gasteiger charge is 2.09. The molecule has 0 aromatic rings. The Hall–Kier alpha value is -0.610. The van der Waals surface area contributed by atoms with E-state index in [0.717, 1.165) is 19.5 Å². The smallest absolute Gasteiger partial charge is 0.222 e. The summed E-state index contributed by atoms with van der Waals surface area (Å²) in [6, 6.07) is 0. The molecule has 1 N–H and O–H groups in total. The monoisotopic (exact) mass is 241 g/mol. The fourth-order valence-electron chi connectivity index (χ4n) is 2.15. The number of nitrogens with zero attached hydrogens (tertiary/aromatic N) is 2. The summed E-state index contributed by atoms with van der Waals surface area (Å²) in [4.78, 5) is 15.5. The number of amides is 1. The summed E-state index contributed by atoms with van der Waals surface area (Å²) in [7, 11) is 3.62. The van der Waals surface area contributed by atoms with Crippen molar-refractivity contribution in [1.29, 1.82) is 0 Å². The van der Waals surface area contributed by atoms with Gasteiger partial charge in [-0.15, -0.1) is 0 Å². The Morgan fingerprint density at radius 2 is 1.82 bits per heavy atom. The van der Waals surface area contributed by atoms with Crippen molar-refractivity contribution in [3.8, 4) is 0 Å². The van der Waals surface area contributed by atoms with Crippen molar-refractivity contribution in [2.75, 3.05) is 46.8 Å². The molecule has 1 heterocycles. The molecule has 0 unspecified atom stereocenters. The lowest BCUT2D eigenvalue weighted by Gasteiger charge is -2.14. The van der Waals surface area contributed by atoms with Crippen LogP contribution in [0.3, 0.4) is 0 Å². The summed E-state index contributed by atoms with van der Waals surface area (Å²) in [5.41, 5.74) is 0. The molecule has 0 aromatic carbocycles. The Kier molecular flexibility index (Phi) is 7.21. The molecular weight excluding hydrogens is 214 g/mol. The van der Waals surface area contributed by atoms with Gasteiger partial charge in [0.05, 0.1) is 0 Å². The third-order valence-corrected chi connectivity index (χ3v) is 3.27. The van der Waals surface area contributed by atoms with E-state index in [0.29, 0.717) is 6.42 Å². The number of rotatable bonds is 8. The van der Waals surface area contributed by atoms with Crippen LogP contribution in [0.15, 0.2) is 0 Å². The molecule has 100 valence electrons. The van der Waals surface area contributed by atoms with Crippen molar-refractivity contribution >= 4 is 5.91 Å². The van der Waals surface area contributed by atoms with Gasteiger partial charge in [-0.2, -0.15) is 0 Å². The van der Waals surface area contributed by atoms with Gasteiger partial charge in [0.15, 0.2) is 0 Å². The van der Waals surface area contributed by atoms with Gasteiger partial charge in [-0.3, -0.25) is 4.79 Å². The Morgan fingerprint density at radius 3 is 2.47 bits per heavy atom. The molecule has 17 heavy (non-hydrogen) atoms. The summed E-state index contributed by atoms with van der Waals surface area (Å²) in [5, 5.41) is 3.41. The highest BCUT2D eigenvalue weighted by Crippen LogP contribution is 2.06. The molecule has 0 aromatic heterocycles. The minimum atomic E-state index is 0.226.